The summed E-state index contributed by atoms with van der Waals surface area (Å²) in [5, 5.41) is 12.0. The molecule has 0 amide bonds. The number of anilines is 1. The predicted molar refractivity (Wildman–Crippen MR) is 70.2 cm³/mol. The number of unbranched alkanes of at least 4 members (excludes halogenated alkanes) is 3. The van der Waals surface area contributed by atoms with E-state index >= 15 is 0 Å². The van der Waals surface area contributed by atoms with E-state index < -0.39 is 12.0 Å². The number of carboxylic acids is 1. The molecular formula is C14H20FNO2. The molecule has 4 heteroatoms. The number of rotatable bonds is 8. The topological polar surface area (TPSA) is 49.3 Å². The predicted octanol–water partition coefficient (Wildman–Crippen LogP) is 3.66. The van der Waals surface area contributed by atoms with Gasteiger partial charge in [0.15, 0.2) is 0 Å². The van der Waals surface area contributed by atoms with Crippen molar-refractivity contribution >= 4 is 11.7 Å². The fourth-order valence-electron chi connectivity index (χ4n) is 1.78. The first-order valence-corrected chi connectivity index (χ1v) is 6.38. The van der Waals surface area contributed by atoms with Gasteiger partial charge in [-0.1, -0.05) is 32.6 Å². The highest BCUT2D eigenvalue weighted by Gasteiger charge is 2.16. The summed E-state index contributed by atoms with van der Waals surface area (Å²) < 4.78 is 12.7. The normalized spacial score (nSPS) is 12.1. The van der Waals surface area contributed by atoms with Crippen molar-refractivity contribution in [2.75, 3.05) is 5.32 Å². The van der Waals surface area contributed by atoms with Crippen LogP contribution in [0.2, 0.25) is 0 Å². The van der Waals surface area contributed by atoms with Gasteiger partial charge < -0.3 is 10.4 Å². The van der Waals surface area contributed by atoms with Gasteiger partial charge in [-0.3, -0.25) is 0 Å². The third kappa shape index (κ3) is 5.17. The van der Waals surface area contributed by atoms with Crippen LogP contribution in [0.3, 0.4) is 0 Å². The summed E-state index contributed by atoms with van der Waals surface area (Å²) in [6.07, 6.45) is 4.78. The number of carbonyl (C=O) groups is 1. The van der Waals surface area contributed by atoms with Crippen LogP contribution in [0.15, 0.2) is 24.3 Å². The van der Waals surface area contributed by atoms with Gasteiger partial charge in [0.25, 0.3) is 0 Å². The Morgan fingerprint density at radius 1 is 1.28 bits per heavy atom. The van der Waals surface area contributed by atoms with Crippen molar-refractivity contribution in [1.82, 2.24) is 0 Å². The fourth-order valence-corrected chi connectivity index (χ4v) is 1.78. The van der Waals surface area contributed by atoms with Crippen molar-refractivity contribution in [2.24, 2.45) is 0 Å². The molecule has 0 fully saturated rings. The van der Waals surface area contributed by atoms with E-state index in [2.05, 4.69) is 12.2 Å². The Morgan fingerprint density at radius 2 is 1.94 bits per heavy atom. The second-order valence-electron chi connectivity index (χ2n) is 4.39. The smallest absolute Gasteiger partial charge is 0.326 e. The Balaban J connectivity index is 2.47. The lowest BCUT2D eigenvalue weighted by molar-refractivity contribution is -0.138. The highest BCUT2D eigenvalue weighted by Crippen LogP contribution is 2.13. The highest BCUT2D eigenvalue weighted by atomic mass is 19.1. The van der Waals surface area contributed by atoms with Gasteiger partial charge in [-0.2, -0.15) is 0 Å². The Kier molecular flexibility index (Phi) is 6.19. The zero-order chi connectivity index (χ0) is 13.4. The molecule has 18 heavy (non-hydrogen) atoms. The average molecular weight is 253 g/mol. The SMILES string of the molecule is CCCCCCC(Nc1ccc(F)cc1)C(=O)O. The maximum atomic E-state index is 12.7. The average Bonchev–Trinajstić information content (AvgIpc) is 2.35. The Hall–Kier alpha value is -1.58. The quantitative estimate of drug-likeness (QED) is 0.695. The van der Waals surface area contributed by atoms with Crippen LogP contribution < -0.4 is 5.32 Å². The summed E-state index contributed by atoms with van der Waals surface area (Å²) in [5.41, 5.74) is 0.638. The summed E-state index contributed by atoms with van der Waals surface area (Å²) in [4.78, 5) is 11.1. The Bertz CT molecular complexity index is 365. The van der Waals surface area contributed by atoms with Crippen molar-refractivity contribution in [3.63, 3.8) is 0 Å². The van der Waals surface area contributed by atoms with Gasteiger partial charge in [-0.15, -0.1) is 0 Å². The highest BCUT2D eigenvalue weighted by molar-refractivity contribution is 5.77. The standard InChI is InChI=1S/C14H20FNO2/c1-2-3-4-5-6-13(14(17)18)16-12-9-7-11(15)8-10-12/h7-10,13,16H,2-6H2,1H3,(H,17,18). The van der Waals surface area contributed by atoms with E-state index in [-0.39, 0.29) is 5.82 Å². The van der Waals surface area contributed by atoms with Crippen LogP contribution in [-0.2, 0) is 4.79 Å². The third-order valence-corrected chi connectivity index (χ3v) is 2.83. The minimum Gasteiger partial charge on any atom is -0.480 e. The lowest BCUT2D eigenvalue weighted by Gasteiger charge is -2.15. The molecule has 0 radical (unpaired) electrons. The zero-order valence-corrected chi connectivity index (χ0v) is 10.7. The van der Waals surface area contributed by atoms with Crippen molar-refractivity contribution < 1.29 is 14.3 Å². The van der Waals surface area contributed by atoms with Crippen molar-refractivity contribution in [2.45, 2.75) is 45.1 Å². The molecular weight excluding hydrogens is 233 g/mol. The Morgan fingerprint density at radius 3 is 2.50 bits per heavy atom. The van der Waals surface area contributed by atoms with E-state index in [1.54, 1.807) is 12.1 Å². The second kappa shape index (κ2) is 7.69. The van der Waals surface area contributed by atoms with Crippen LogP contribution in [0.1, 0.15) is 39.0 Å². The first kappa shape index (κ1) is 14.5. The van der Waals surface area contributed by atoms with Crippen LogP contribution in [0.4, 0.5) is 10.1 Å². The molecule has 0 saturated heterocycles. The summed E-state index contributed by atoms with van der Waals surface area (Å²) in [7, 11) is 0. The number of halogens is 1. The third-order valence-electron chi connectivity index (χ3n) is 2.83. The number of hydrogen-bond acceptors (Lipinski definition) is 2. The molecule has 100 valence electrons. The summed E-state index contributed by atoms with van der Waals surface area (Å²) in [6.45, 7) is 2.12. The van der Waals surface area contributed by atoms with Crippen molar-refractivity contribution in [1.29, 1.82) is 0 Å². The molecule has 0 aliphatic carbocycles. The molecule has 3 nitrogen and oxygen atoms in total. The van der Waals surface area contributed by atoms with E-state index in [4.69, 9.17) is 5.11 Å². The first-order chi connectivity index (χ1) is 8.63. The van der Waals surface area contributed by atoms with Crippen LogP contribution in [0.5, 0.6) is 0 Å². The zero-order valence-electron chi connectivity index (χ0n) is 10.7. The summed E-state index contributed by atoms with van der Waals surface area (Å²) >= 11 is 0. The van der Waals surface area contributed by atoms with Gasteiger partial charge in [0.1, 0.15) is 11.9 Å². The molecule has 1 aromatic carbocycles. The summed E-state index contributed by atoms with van der Waals surface area (Å²) in [6, 6.07) is 5.14. The molecule has 1 aromatic rings. The number of carboxylic acid groups (broad SMARTS) is 1. The largest absolute Gasteiger partial charge is 0.480 e. The van der Waals surface area contributed by atoms with Crippen LogP contribution in [-0.4, -0.2) is 17.1 Å². The molecule has 0 aromatic heterocycles. The fraction of sp³-hybridized carbons (Fsp3) is 0.500. The molecule has 0 aliphatic heterocycles. The van der Waals surface area contributed by atoms with E-state index in [1.807, 2.05) is 0 Å². The first-order valence-electron chi connectivity index (χ1n) is 6.38. The van der Waals surface area contributed by atoms with Gasteiger partial charge in [-0.05, 0) is 30.7 Å². The van der Waals surface area contributed by atoms with Gasteiger partial charge >= 0.3 is 5.97 Å². The molecule has 1 atom stereocenters. The van der Waals surface area contributed by atoms with Crippen molar-refractivity contribution in [3.05, 3.63) is 30.1 Å². The van der Waals surface area contributed by atoms with E-state index in [0.29, 0.717) is 12.1 Å². The molecule has 0 heterocycles. The van der Waals surface area contributed by atoms with Crippen LogP contribution >= 0.6 is 0 Å². The van der Waals surface area contributed by atoms with E-state index in [9.17, 15) is 9.18 Å². The number of aliphatic carboxylic acids is 1. The maximum absolute atomic E-state index is 12.7. The monoisotopic (exact) mass is 253 g/mol. The Labute approximate surface area is 107 Å². The van der Waals surface area contributed by atoms with E-state index in [1.165, 1.54) is 12.1 Å². The van der Waals surface area contributed by atoms with Crippen LogP contribution in [0.25, 0.3) is 0 Å². The molecule has 1 unspecified atom stereocenters. The minimum atomic E-state index is -0.865. The molecule has 0 bridgehead atoms. The van der Waals surface area contributed by atoms with E-state index in [0.717, 1.165) is 25.7 Å². The minimum absolute atomic E-state index is 0.324. The lowest BCUT2D eigenvalue weighted by Crippen LogP contribution is -2.29. The van der Waals surface area contributed by atoms with Gasteiger partial charge in [-0.25, -0.2) is 9.18 Å². The number of hydrogen-bond donors (Lipinski definition) is 2. The number of benzene rings is 1. The molecule has 1 rings (SSSR count). The van der Waals surface area contributed by atoms with Gasteiger partial charge in [0.05, 0.1) is 0 Å². The molecule has 0 saturated carbocycles. The second-order valence-corrected chi connectivity index (χ2v) is 4.39. The summed E-state index contributed by atoms with van der Waals surface area (Å²) in [5.74, 6) is -1.19. The number of nitrogens with one attached hydrogen (secondary N) is 1. The molecule has 2 N–H and O–H groups in total. The maximum Gasteiger partial charge on any atom is 0.326 e. The van der Waals surface area contributed by atoms with Crippen molar-refractivity contribution in [3.8, 4) is 0 Å². The lowest BCUT2D eigenvalue weighted by atomic mass is 10.1. The molecule has 0 spiro atoms. The van der Waals surface area contributed by atoms with Crippen LogP contribution in [0, 0.1) is 5.82 Å². The molecule has 0 aliphatic rings. The van der Waals surface area contributed by atoms with Gasteiger partial charge in [0, 0.05) is 5.69 Å². The van der Waals surface area contributed by atoms with Gasteiger partial charge in [0.2, 0.25) is 0 Å².